The number of cyclic esters (lactones) is 1. The maximum Gasteiger partial charge on any atom is 0.341 e. The number of ether oxygens (including phenoxy) is 8. The minimum absolute atomic E-state index is 0.327. The first-order valence-electron chi connectivity index (χ1n) is 22.1. The fourth-order valence-electron chi connectivity index (χ4n) is 8.62. The third-order valence-electron chi connectivity index (χ3n) is 12.4. The molecular weight excluding hydrogens is 1080 g/mol. The first-order chi connectivity index (χ1) is 37.7. The van der Waals surface area contributed by atoms with Gasteiger partial charge in [-0.2, -0.15) is 0 Å². The zero-order valence-electron chi connectivity index (χ0n) is 39.5. The molecular formula is C49H34O31. The number of phenols is 17. The summed E-state index contributed by atoms with van der Waals surface area (Å²) < 4.78 is 44.1. The van der Waals surface area contributed by atoms with Crippen molar-refractivity contribution in [3.8, 4) is 131 Å². The van der Waals surface area contributed by atoms with Gasteiger partial charge in [0.25, 0.3) is 0 Å². The van der Waals surface area contributed by atoms with Crippen LogP contribution >= 0.6 is 0 Å². The van der Waals surface area contributed by atoms with Gasteiger partial charge < -0.3 is 125 Å². The predicted octanol–water partition coefficient (Wildman–Crippen LogP) is 2.64. The molecule has 5 atom stereocenters. The molecule has 31 nitrogen and oxygen atoms in total. The Morgan fingerprint density at radius 2 is 0.825 bits per heavy atom. The molecule has 17 N–H and O–H groups in total. The number of esters is 6. The Morgan fingerprint density at radius 1 is 0.425 bits per heavy atom. The van der Waals surface area contributed by atoms with E-state index in [0.717, 1.165) is 7.11 Å². The van der Waals surface area contributed by atoms with Gasteiger partial charge in [0.1, 0.15) is 18.3 Å². The molecule has 0 aliphatic carbocycles. The summed E-state index contributed by atoms with van der Waals surface area (Å²) in [4.78, 5) is 85.0. The van der Waals surface area contributed by atoms with Crippen LogP contribution in [0.1, 0.15) is 62.1 Å². The summed E-state index contributed by atoms with van der Waals surface area (Å²) in [6.07, 6.45) is -12.7. The van der Waals surface area contributed by atoms with Crippen LogP contribution in [0.25, 0.3) is 22.3 Å². The molecule has 3 aliphatic rings. The highest BCUT2D eigenvalue weighted by atomic mass is 16.7. The second-order valence-electron chi connectivity index (χ2n) is 17.1. The molecule has 1 fully saturated rings. The molecule has 31 heteroatoms. The highest BCUT2D eigenvalue weighted by molar-refractivity contribution is 6.10. The van der Waals surface area contributed by atoms with Crippen molar-refractivity contribution in [2.75, 3.05) is 13.7 Å². The van der Waals surface area contributed by atoms with Crippen molar-refractivity contribution in [3.05, 3.63) is 75.8 Å². The normalized spacial score (nSPS) is 18.5. The van der Waals surface area contributed by atoms with E-state index in [1.807, 2.05) is 0 Å². The van der Waals surface area contributed by atoms with Gasteiger partial charge >= 0.3 is 35.8 Å². The summed E-state index contributed by atoms with van der Waals surface area (Å²) in [5.74, 6) is -36.2. The van der Waals surface area contributed by atoms with Gasteiger partial charge in [-0.15, -0.1) is 0 Å². The predicted molar refractivity (Wildman–Crippen MR) is 248 cm³/mol. The second-order valence-corrected chi connectivity index (χ2v) is 17.1. The molecule has 0 aromatic heterocycles. The summed E-state index contributed by atoms with van der Waals surface area (Å²) in [6.45, 7) is -1.38. The van der Waals surface area contributed by atoms with Crippen LogP contribution in [-0.2, 0) is 33.2 Å². The van der Waals surface area contributed by atoms with Crippen LogP contribution in [0, 0.1) is 0 Å². The van der Waals surface area contributed by atoms with Crippen LogP contribution in [-0.4, -0.2) is 167 Å². The average molecular weight is 1120 g/mol. The highest BCUT2D eigenvalue weighted by Crippen LogP contribution is 2.57. The van der Waals surface area contributed by atoms with E-state index in [1.54, 1.807) is 0 Å². The van der Waals surface area contributed by atoms with E-state index in [0.29, 0.717) is 42.5 Å². The fourth-order valence-corrected chi connectivity index (χ4v) is 8.62. The lowest BCUT2D eigenvalue weighted by atomic mass is 9.91. The number of aromatic hydroxyl groups is 17. The summed E-state index contributed by atoms with van der Waals surface area (Å²) >= 11 is 0. The van der Waals surface area contributed by atoms with E-state index < -0.39 is 238 Å². The van der Waals surface area contributed by atoms with Crippen LogP contribution in [0.15, 0.2) is 42.5 Å². The quantitative estimate of drug-likeness (QED) is 0.0670. The van der Waals surface area contributed by atoms with Crippen LogP contribution in [0.2, 0.25) is 0 Å². The molecule has 6 aromatic carbocycles. The van der Waals surface area contributed by atoms with Gasteiger partial charge in [0.05, 0.1) is 34.9 Å². The Balaban J connectivity index is 1.26. The van der Waals surface area contributed by atoms with Gasteiger partial charge in [-0.25, -0.2) is 28.8 Å². The fraction of sp³-hybridized carbons (Fsp3) is 0.143. The van der Waals surface area contributed by atoms with Crippen LogP contribution in [0.4, 0.5) is 0 Å². The molecule has 80 heavy (non-hydrogen) atoms. The smallest absolute Gasteiger partial charge is 0.341 e. The SMILES string of the molecule is COC(=O)c1cc(O)c(O)c(O)c1Oc1c(O)cc2c(c1O)-c1c(cc(O)c(O)c1O)C(=O)O[C@H]1[C@@H]3OC(=O)c4cc(O)c(O)c(O)c4-c4c(cc(O)c(O)c4O)C(=O)O[C@H]3[C@H](OC(=O)c3cc(O)c(O)c(O)c3)O[C@@H]1COC2=O. The van der Waals surface area contributed by atoms with E-state index in [4.69, 9.17) is 33.2 Å². The monoisotopic (exact) mass is 1120 g/mol. The van der Waals surface area contributed by atoms with E-state index in [9.17, 15) is 116 Å². The number of phenolic OH excluding ortho intramolecular Hbond substituents is 17. The number of hydrogen-bond acceptors (Lipinski definition) is 31. The van der Waals surface area contributed by atoms with Gasteiger partial charge in [0, 0.05) is 28.3 Å². The summed E-state index contributed by atoms with van der Waals surface area (Å²) in [5.41, 5.74) is -11.1. The summed E-state index contributed by atoms with van der Waals surface area (Å²) in [7, 11) is 0.822. The number of hydrogen-bond donors (Lipinski definition) is 17. The van der Waals surface area contributed by atoms with E-state index in [2.05, 4.69) is 4.74 Å². The molecule has 3 heterocycles. The zero-order chi connectivity index (χ0) is 58.4. The molecule has 0 saturated carbocycles. The van der Waals surface area contributed by atoms with Crippen molar-refractivity contribution >= 4 is 35.8 Å². The molecule has 6 aromatic rings. The van der Waals surface area contributed by atoms with Crippen molar-refractivity contribution in [2.24, 2.45) is 0 Å². The largest absolute Gasteiger partial charge is 0.504 e. The number of benzene rings is 6. The Morgan fingerprint density at radius 3 is 1.31 bits per heavy atom. The third kappa shape index (κ3) is 8.47. The van der Waals surface area contributed by atoms with Gasteiger partial charge in [-0.05, 0) is 36.4 Å². The molecule has 0 unspecified atom stereocenters. The van der Waals surface area contributed by atoms with Crippen LogP contribution < -0.4 is 4.74 Å². The lowest BCUT2D eigenvalue weighted by molar-refractivity contribution is -0.282. The van der Waals surface area contributed by atoms with Gasteiger partial charge in [-0.1, -0.05) is 0 Å². The van der Waals surface area contributed by atoms with Crippen molar-refractivity contribution in [3.63, 3.8) is 0 Å². The molecule has 9 rings (SSSR count). The number of carbonyl (C=O) groups excluding carboxylic acids is 6. The van der Waals surface area contributed by atoms with E-state index in [-0.39, 0.29) is 0 Å². The standard InChI is InChI=1S/C49H34O31/c1-73-44(68)15-8-21(55)32(61)37(66)38(15)76-39-22(56)7-11-27(36(39)65)26-14(6-20(54)31(60)35(26)64)46(70)77-40-23(9-74-45(11)69)75-49(80-43(67)10-2-16(50)28(57)17(51)3-10)42-41(40)78-47(71)12-4-18(52)29(58)33(62)24(12)25-13(48(72)79-42)5-19(53)30(59)34(25)63/h2-8,23,40-42,49-66H,9H2,1H3/t23-,40-,41+,42-,49+/m1/s1. The number of rotatable bonds is 5. The molecule has 416 valence electrons. The molecule has 0 bridgehead atoms. The molecule has 3 aliphatic heterocycles. The molecule has 0 radical (unpaired) electrons. The van der Waals surface area contributed by atoms with E-state index >= 15 is 0 Å². The molecule has 1 saturated heterocycles. The van der Waals surface area contributed by atoms with Gasteiger partial charge in [0.2, 0.25) is 46.9 Å². The number of carbonyl (C=O) groups is 6. The summed E-state index contributed by atoms with van der Waals surface area (Å²) in [5, 5.41) is 183. The van der Waals surface area contributed by atoms with Crippen molar-refractivity contribution in [1.29, 1.82) is 0 Å². The van der Waals surface area contributed by atoms with Crippen molar-refractivity contribution < 1.29 is 153 Å². The molecule has 0 amide bonds. The zero-order valence-corrected chi connectivity index (χ0v) is 39.5. The number of methoxy groups -OCH3 is 1. The Bertz CT molecular complexity index is 3730. The first kappa shape index (κ1) is 53.3. The van der Waals surface area contributed by atoms with Crippen LogP contribution in [0.5, 0.6) is 109 Å². The van der Waals surface area contributed by atoms with Crippen molar-refractivity contribution in [1.82, 2.24) is 0 Å². The average Bonchev–Trinajstić information content (AvgIpc) is 3.57. The minimum Gasteiger partial charge on any atom is -0.504 e. The second kappa shape index (κ2) is 19.3. The van der Waals surface area contributed by atoms with Crippen molar-refractivity contribution in [2.45, 2.75) is 30.7 Å². The van der Waals surface area contributed by atoms with Crippen LogP contribution in [0.3, 0.4) is 0 Å². The van der Waals surface area contributed by atoms with Gasteiger partial charge in [-0.3, -0.25) is 0 Å². The highest BCUT2D eigenvalue weighted by Gasteiger charge is 2.56. The van der Waals surface area contributed by atoms with E-state index in [1.165, 1.54) is 0 Å². The Kier molecular flexibility index (Phi) is 12.8. The minimum atomic E-state index is -2.63. The lowest BCUT2D eigenvalue weighted by Gasteiger charge is -2.44. The Labute approximate surface area is 440 Å². The molecule has 0 spiro atoms. The Hall–Kier alpha value is -11.5. The maximum atomic E-state index is 14.9. The summed E-state index contributed by atoms with van der Waals surface area (Å²) in [6, 6.07) is 3.03. The number of fused-ring (bicyclic) bond motifs is 9. The topological polar surface area (TPSA) is 520 Å². The lowest BCUT2D eigenvalue weighted by Crippen LogP contribution is -2.63. The maximum absolute atomic E-state index is 14.9. The third-order valence-corrected chi connectivity index (χ3v) is 12.4. The first-order valence-corrected chi connectivity index (χ1v) is 22.1. The van der Waals surface area contributed by atoms with Gasteiger partial charge in [0.15, 0.2) is 87.0 Å².